The Morgan fingerprint density at radius 1 is 0.957 bits per heavy atom. The summed E-state index contributed by atoms with van der Waals surface area (Å²) in [4.78, 5) is 13.8. The minimum atomic E-state index is 0.800. The van der Waals surface area contributed by atoms with E-state index in [-0.39, 0.29) is 0 Å². The van der Waals surface area contributed by atoms with Crippen LogP contribution in [0, 0.1) is 20.8 Å². The van der Waals surface area contributed by atoms with E-state index in [9.17, 15) is 0 Å². The highest BCUT2D eigenvalue weighted by Gasteiger charge is 2.16. The highest BCUT2D eigenvalue weighted by atomic mass is 15.3. The van der Waals surface area contributed by atoms with Gasteiger partial charge in [0.2, 0.25) is 0 Å². The van der Waals surface area contributed by atoms with Crippen LogP contribution in [0.4, 0.5) is 17.3 Å². The molecular weight excluding hydrogens is 286 g/mol. The predicted octanol–water partition coefficient (Wildman–Crippen LogP) is 2.90. The molecule has 5 heteroatoms. The molecule has 0 radical (unpaired) electrons. The minimum absolute atomic E-state index is 0.800. The molecule has 0 bridgehead atoms. The van der Waals surface area contributed by atoms with E-state index >= 15 is 0 Å². The van der Waals surface area contributed by atoms with Gasteiger partial charge >= 0.3 is 0 Å². The maximum atomic E-state index is 4.62. The summed E-state index contributed by atoms with van der Waals surface area (Å²) in [6.07, 6.45) is 0. The molecule has 1 aliphatic rings. The zero-order valence-electron chi connectivity index (χ0n) is 14.4. The van der Waals surface area contributed by atoms with Gasteiger partial charge in [-0.2, -0.15) is 0 Å². The van der Waals surface area contributed by atoms with Gasteiger partial charge in [-0.25, -0.2) is 9.97 Å². The molecule has 23 heavy (non-hydrogen) atoms. The molecule has 3 rings (SSSR count). The Morgan fingerprint density at radius 2 is 1.70 bits per heavy atom. The third kappa shape index (κ3) is 3.79. The normalized spacial score (nSPS) is 15.7. The Hall–Kier alpha value is -2.14. The van der Waals surface area contributed by atoms with Gasteiger partial charge in [0.05, 0.1) is 0 Å². The van der Waals surface area contributed by atoms with Gasteiger partial charge in [-0.1, -0.05) is 17.7 Å². The van der Waals surface area contributed by atoms with E-state index in [0.717, 1.165) is 49.3 Å². The van der Waals surface area contributed by atoms with Crippen molar-refractivity contribution in [3.05, 3.63) is 41.2 Å². The Morgan fingerprint density at radius 3 is 2.39 bits per heavy atom. The van der Waals surface area contributed by atoms with Gasteiger partial charge in [-0.05, 0) is 39.4 Å². The van der Waals surface area contributed by atoms with Gasteiger partial charge in [0.1, 0.15) is 17.5 Å². The first-order valence-corrected chi connectivity index (χ1v) is 8.15. The summed E-state index contributed by atoms with van der Waals surface area (Å²) >= 11 is 0. The second-order valence-corrected chi connectivity index (χ2v) is 6.39. The molecule has 1 aromatic heterocycles. The second-order valence-electron chi connectivity index (χ2n) is 6.39. The number of hydrogen-bond acceptors (Lipinski definition) is 5. The lowest BCUT2D eigenvalue weighted by molar-refractivity contribution is 0.312. The molecule has 1 fully saturated rings. The molecule has 0 atom stereocenters. The number of benzene rings is 1. The molecule has 0 spiro atoms. The van der Waals surface area contributed by atoms with Gasteiger partial charge in [-0.3, -0.25) is 0 Å². The second kappa shape index (κ2) is 6.54. The number of likely N-dealkylation sites (N-methyl/N-ethyl adjacent to an activating group) is 1. The molecule has 2 heterocycles. The minimum Gasteiger partial charge on any atom is -0.354 e. The first-order valence-electron chi connectivity index (χ1n) is 8.15. The van der Waals surface area contributed by atoms with Crippen LogP contribution < -0.4 is 10.2 Å². The molecule has 2 aromatic rings. The summed E-state index contributed by atoms with van der Waals surface area (Å²) in [5, 5.41) is 3.44. The van der Waals surface area contributed by atoms with Crippen molar-refractivity contribution in [2.45, 2.75) is 20.8 Å². The summed E-state index contributed by atoms with van der Waals surface area (Å²) in [5.74, 6) is 2.67. The van der Waals surface area contributed by atoms with E-state index in [4.69, 9.17) is 0 Å². The van der Waals surface area contributed by atoms with Crippen molar-refractivity contribution in [1.29, 1.82) is 0 Å². The van der Waals surface area contributed by atoms with E-state index in [1.54, 1.807) is 0 Å². The van der Waals surface area contributed by atoms with Crippen LogP contribution in [0.15, 0.2) is 24.3 Å². The number of aromatic nitrogens is 2. The monoisotopic (exact) mass is 311 g/mol. The van der Waals surface area contributed by atoms with Crippen LogP contribution in [0.5, 0.6) is 0 Å². The SMILES string of the molecule is Cc1ccc(Nc2cc(N3CCN(C)CC3)nc(C)n2)c(C)c1. The lowest BCUT2D eigenvalue weighted by Crippen LogP contribution is -2.44. The Labute approximate surface area is 138 Å². The average Bonchev–Trinajstić information content (AvgIpc) is 2.50. The zero-order chi connectivity index (χ0) is 16.4. The number of hydrogen-bond donors (Lipinski definition) is 1. The van der Waals surface area contributed by atoms with E-state index in [2.05, 4.69) is 70.2 Å². The van der Waals surface area contributed by atoms with E-state index in [1.165, 1.54) is 11.1 Å². The largest absolute Gasteiger partial charge is 0.354 e. The lowest BCUT2D eigenvalue weighted by atomic mass is 10.1. The number of nitrogens with zero attached hydrogens (tertiary/aromatic N) is 4. The smallest absolute Gasteiger partial charge is 0.136 e. The standard InChI is InChI=1S/C18H25N5/c1-13-5-6-16(14(2)11-13)21-17-12-18(20-15(3)19-17)23-9-7-22(4)8-10-23/h5-6,11-12H,7-10H2,1-4H3,(H,19,20,21). The van der Waals surface area contributed by atoms with Gasteiger partial charge in [0.15, 0.2) is 0 Å². The van der Waals surface area contributed by atoms with Gasteiger partial charge in [0, 0.05) is 37.9 Å². The number of nitrogens with one attached hydrogen (secondary N) is 1. The Kier molecular flexibility index (Phi) is 4.48. The van der Waals surface area contributed by atoms with Crippen LogP contribution >= 0.6 is 0 Å². The van der Waals surface area contributed by atoms with Crippen LogP contribution in [-0.4, -0.2) is 48.1 Å². The molecule has 1 N–H and O–H groups in total. The van der Waals surface area contributed by atoms with E-state index < -0.39 is 0 Å². The fourth-order valence-corrected chi connectivity index (χ4v) is 2.91. The van der Waals surface area contributed by atoms with Crippen molar-refractivity contribution in [1.82, 2.24) is 14.9 Å². The highest BCUT2D eigenvalue weighted by Crippen LogP contribution is 2.23. The van der Waals surface area contributed by atoms with Gasteiger partial charge in [-0.15, -0.1) is 0 Å². The Bertz CT molecular complexity index is 690. The predicted molar refractivity (Wildman–Crippen MR) is 95.7 cm³/mol. The fourth-order valence-electron chi connectivity index (χ4n) is 2.91. The number of rotatable bonds is 3. The Balaban J connectivity index is 1.82. The summed E-state index contributed by atoms with van der Waals surface area (Å²) in [6.45, 7) is 10.3. The summed E-state index contributed by atoms with van der Waals surface area (Å²) in [6, 6.07) is 8.46. The number of anilines is 3. The molecule has 1 saturated heterocycles. The number of aryl methyl sites for hydroxylation is 3. The van der Waals surface area contributed by atoms with Crippen LogP contribution in [0.3, 0.4) is 0 Å². The summed E-state index contributed by atoms with van der Waals surface area (Å²) < 4.78 is 0. The van der Waals surface area contributed by atoms with Crippen LogP contribution in [0.25, 0.3) is 0 Å². The first-order chi connectivity index (χ1) is 11.0. The molecule has 5 nitrogen and oxygen atoms in total. The van der Waals surface area contributed by atoms with Crippen molar-refractivity contribution in [3.8, 4) is 0 Å². The van der Waals surface area contributed by atoms with Crippen LogP contribution in [0.2, 0.25) is 0 Å². The quantitative estimate of drug-likeness (QED) is 0.944. The highest BCUT2D eigenvalue weighted by molar-refractivity contribution is 5.63. The molecule has 1 aromatic carbocycles. The molecule has 0 aliphatic carbocycles. The first kappa shape index (κ1) is 15.7. The third-order valence-corrected chi connectivity index (χ3v) is 4.30. The molecule has 0 amide bonds. The van der Waals surface area contributed by atoms with Crippen LogP contribution in [0.1, 0.15) is 17.0 Å². The van der Waals surface area contributed by atoms with Crippen molar-refractivity contribution < 1.29 is 0 Å². The summed E-state index contributed by atoms with van der Waals surface area (Å²) in [5.41, 5.74) is 3.59. The van der Waals surface area contributed by atoms with E-state index in [0.29, 0.717) is 0 Å². The number of piperazine rings is 1. The maximum Gasteiger partial charge on any atom is 0.136 e. The average molecular weight is 311 g/mol. The molecule has 0 unspecified atom stereocenters. The van der Waals surface area contributed by atoms with Crippen LogP contribution in [-0.2, 0) is 0 Å². The van der Waals surface area contributed by atoms with Crippen molar-refractivity contribution >= 4 is 17.3 Å². The molecule has 122 valence electrons. The zero-order valence-corrected chi connectivity index (χ0v) is 14.4. The van der Waals surface area contributed by atoms with E-state index in [1.807, 2.05) is 6.92 Å². The lowest BCUT2D eigenvalue weighted by Gasteiger charge is -2.33. The van der Waals surface area contributed by atoms with Gasteiger partial charge in [0.25, 0.3) is 0 Å². The van der Waals surface area contributed by atoms with Gasteiger partial charge < -0.3 is 15.1 Å². The van der Waals surface area contributed by atoms with Crippen molar-refractivity contribution in [2.24, 2.45) is 0 Å². The maximum absolute atomic E-state index is 4.62. The van der Waals surface area contributed by atoms with Crippen molar-refractivity contribution in [2.75, 3.05) is 43.4 Å². The topological polar surface area (TPSA) is 44.3 Å². The fraction of sp³-hybridized carbons (Fsp3) is 0.444. The molecule has 0 saturated carbocycles. The van der Waals surface area contributed by atoms with Crippen molar-refractivity contribution in [3.63, 3.8) is 0 Å². The third-order valence-electron chi connectivity index (χ3n) is 4.30. The molecule has 1 aliphatic heterocycles. The summed E-state index contributed by atoms with van der Waals surface area (Å²) in [7, 11) is 2.16. The molecular formula is C18H25N5.